The number of benzene rings is 1. The summed E-state index contributed by atoms with van der Waals surface area (Å²) in [5.74, 6) is 0.518. The molecule has 0 amide bonds. The quantitative estimate of drug-likeness (QED) is 0.500. The van der Waals surface area contributed by atoms with Crippen molar-refractivity contribution >= 4 is 46.7 Å². The predicted molar refractivity (Wildman–Crippen MR) is 115 cm³/mol. The lowest BCUT2D eigenvalue weighted by Gasteiger charge is -2.21. The van der Waals surface area contributed by atoms with Crippen molar-refractivity contribution in [2.45, 2.75) is 23.2 Å². The SMILES string of the molecule is CCOC(=O)c1ccc(-c2nc(N3CCC(N(C)C)C3)nc(C(Cl)(Cl)Cl)n2)cc1. The van der Waals surface area contributed by atoms with E-state index in [4.69, 9.17) is 39.5 Å². The molecule has 1 aliphatic rings. The number of halogens is 3. The second-order valence-corrected chi connectivity index (χ2v) is 9.21. The van der Waals surface area contributed by atoms with Crippen LogP contribution in [0.2, 0.25) is 0 Å². The van der Waals surface area contributed by atoms with Crippen molar-refractivity contribution in [3.63, 3.8) is 0 Å². The maximum Gasteiger partial charge on any atom is 0.338 e. The number of esters is 1. The molecule has 1 atom stereocenters. The molecule has 1 aromatic carbocycles. The van der Waals surface area contributed by atoms with Gasteiger partial charge in [-0.15, -0.1) is 0 Å². The molecule has 29 heavy (non-hydrogen) atoms. The van der Waals surface area contributed by atoms with E-state index in [1.807, 2.05) is 14.1 Å². The Kier molecular flexibility index (Phi) is 6.83. The minimum Gasteiger partial charge on any atom is -0.462 e. The van der Waals surface area contributed by atoms with E-state index in [2.05, 4.69) is 24.8 Å². The Bertz CT molecular complexity index is 871. The molecule has 7 nitrogen and oxygen atoms in total. The normalized spacial score (nSPS) is 17.1. The largest absolute Gasteiger partial charge is 0.462 e. The zero-order valence-corrected chi connectivity index (χ0v) is 18.7. The number of hydrogen-bond acceptors (Lipinski definition) is 7. The molecule has 0 bridgehead atoms. The van der Waals surface area contributed by atoms with Crippen LogP contribution in [0.5, 0.6) is 0 Å². The second kappa shape index (κ2) is 9.00. The van der Waals surface area contributed by atoms with Gasteiger partial charge in [-0.1, -0.05) is 46.9 Å². The van der Waals surface area contributed by atoms with Gasteiger partial charge in [-0.25, -0.2) is 9.78 Å². The predicted octanol–water partition coefficient (Wildman–Crippen LogP) is 3.68. The lowest BCUT2D eigenvalue weighted by Crippen LogP contribution is -2.32. The fraction of sp³-hybridized carbons (Fsp3) is 0.474. The summed E-state index contributed by atoms with van der Waals surface area (Å²) >= 11 is 18.2. The summed E-state index contributed by atoms with van der Waals surface area (Å²) in [6.07, 6.45) is 0.991. The summed E-state index contributed by atoms with van der Waals surface area (Å²) in [6.45, 7) is 3.65. The van der Waals surface area contributed by atoms with Gasteiger partial charge in [-0.3, -0.25) is 0 Å². The highest BCUT2D eigenvalue weighted by molar-refractivity contribution is 6.66. The molecule has 0 aliphatic carbocycles. The molecule has 0 N–H and O–H groups in total. The maximum absolute atomic E-state index is 11.9. The number of alkyl halides is 3. The van der Waals surface area contributed by atoms with Gasteiger partial charge in [0.15, 0.2) is 11.6 Å². The van der Waals surface area contributed by atoms with E-state index in [1.165, 1.54) is 0 Å². The van der Waals surface area contributed by atoms with Crippen LogP contribution in [0.3, 0.4) is 0 Å². The number of hydrogen-bond donors (Lipinski definition) is 0. The third-order valence-electron chi connectivity index (χ3n) is 4.71. The first kappa shape index (κ1) is 22.0. The van der Waals surface area contributed by atoms with Gasteiger partial charge in [-0.2, -0.15) is 9.97 Å². The van der Waals surface area contributed by atoms with Gasteiger partial charge in [-0.05, 0) is 39.6 Å². The Morgan fingerprint density at radius 3 is 2.45 bits per heavy atom. The first-order valence-electron chi connectivity index (χ1n) is 9.21. The summed E-state index contributed by atoms with van der Waals surface area (Å²) in [7, 11) is 4.09. The highest BCUT2D eigenvalue weighted by Crippen LogP contribution is 2.37. The molecule has 156 valence electrons. The summed E-state index contributed by atoms with van der Waals surface area (Å²) in [6, 6.07) is 7.18. The van der Waals surface area contributed by atoms with Crippen LogP contribution < -0.4 is 4.90 Å². The summed E-state index contributed by atoms with van der Waals surface area (Å²) in [5, 5.41) is 0. The van der Waals surface area contributed by atoms with Crippen LogP contribution >= 0.6 is 34.8 Å². The molecule has 0 spiro atoms. The molecule has 0 saturated carbocycles. The number of ether oxygens (including phenoxy) is 1. The van der Waals surface area contributed by atoms with Crippen LogP contribution in [0.4, 0.5) is 5.95 Å². The first-order chi connectivity index (χ1) is 13.7. The third kappa shape index (κ3) is 5.28. The topological polar surface area (TPSA) is 71.5 Å². The molecular weight excluding hydrogens is 437 g/mol. The van der Waals surface area contributed by atoms with Gasteiger partial charge in [0.25, 0.3) is 0 Å². The molecule has 10 heteroatoms. The molecule has 2 aromatic rings. The molecule has 3 rings (SSSR count). The lowest BCUT2D eigenvalue weighted by atomic mass is 10.1. The molecule has 1 saturated heterocycles. The zero-order valence-electron chi connectivity index (χ0n) is 16.4. The van der Waals surface area contributed by atoms with Crippen LogP contribution in [0.1, 0.15) is 29.5 Å². The fourth-order valence-corrected chi connectivity index (χ4v) is 3.33. The van der Waals surface area contributed by atoms with Gasteiger partial charge in [0.1, 0.15) is 0 Å². The molecule has 1 unspecified atom stereocenters. The standard InChI is InChI=1S/C19H22Cl3N5O2/c1-4-29-16(28)13-7-5-12(6-8-13)15-23-17(19(20,21)22)25-18(24-15)27-10-9-14(11-27)26(2)3/h5-8,14H,4,9-11H2,1-3H3. The van der Waals surface area contributed by atoms with Gasteiger partial charge < -0.3 is 14.5 Å². The Morgan fingerprint density at radius 2 is 1.90 bits per heavy atom. The van der Waals surface area contributed by atoms with Crippen LogP contribution in [-0.2, 0) is 8.53 Å². The Labute approximate surface area is 184 Å². The highest BCUT2D eigenvalue weighted by atomic mass is 35.6. The molecule has 1 aliphatic heterocycles. The number of rotatable bonds is 5. The van der Waals surface area contributed by atoms with Gasteiger partial charge in [0.2, 0.25) is 9.74 Å². The van der Waals surface area contributed by atoms with Crippen LogP contribution in [0.25, 0.3) is 11.4 Å². The van der Waals surface area contributed by atoms with E-state index in [9.17, 15) is 4.79 Å². The smallest absolute Gasteiger partial charge is 0.338 e. The van der Waals surface area contributed by atoms with E-state index in [1.54, 1.807) is 31.2 Å². The van der Waals surface area contributed by atoms with E-state index in [-0.39, 0.29) is 11.8 Å². The summed E-state index contributed by atoms with van der Waals surface area (Å²) in [4.78, 5) is 29.4. The van der Waals surface area contributed by atoms with Crippen LogP contribution in [0, 0.1) is 0 Å². The van der Waals surface area contributed by atoms with Crippen molar-refractivity contribution < 1.29 is 9.53 Å². The van der Waals surface area contributed by atoms with Crippen molar-refractivity contribution in [3.05, 3.63) is 35.7 Å². The van der Waals surface area contributed by atoms with E-state index < -0.39 is 3.79 Å². The minimum atomic E-state index is -1.78. The number of carbonyl (C=O) groups is 1. The molecule has 1 aromatic heterocycles. The van der Waals surface area contributed by atoms with Gasteiger partial charge >= 0.3 is 5.97 Å². The van der Waals surface area contributed by atoms with Crippen molar-refractivity contribution in [2.24, 2.45) is 0 Å². The summed E-state index contributed by atoms with van der Waals surface area (Å²) in [5.41, 5.74) is 1.13. The van der Waals surface area contributed by atoms with Crippen molar-refractivity contribution in [1.82, 2.24) is 19.9 Å². The zero-order chi connectivity index (χ0) is 21.2. The van der Waals surface area contributed by atoms with Gasteiger partial charge in [0.05, 0.1) is 12.2 Å². The number of aromatic nitrogens is 3. The third-order valence-corrected chi connectivity index (χ3v) is 5.21. The van der Waals surface area contributed by atoms with Crippen molar-refractivity contribution in [3.8, 4) is 11.4 Å². The number of nitrogens with zero attached hydrogens (tertiary/aromatic N) is 5. The summed E-state index contributed by atoms with van der Waals surface area (Å²) < 4.78 is 3.23. The Morgan fingerprint density at radius 1 is 1.21 bits per heavy atom. The average Bonchev–Trinajstić information content (AvgIpc) is 3.18. The molecule has 2 heterocycles. The maximum atomic E-state index is 11.9. The van der Waals surface area contributed by atoms with Crippen LogP contribution in [-0.4, -0.2) is 65.7 Å². The highest BCUT2D eigenvalue weighted by Gasteiger charge is 2.31. The van der Waals surface area contributed by atoms with E-state index in [0.29, 0.717) is 35.5 Å². The second-order valence-electron chi connectivity index (χ2n) is 6.93. The Balaban J connectivity index is 1.95. The molecular formula is C19H22Cl3N5O2. The average molecular weight is 459 g/mol. The number of likely N-dealkylation sites (N-methyl/N-ethyl adjacent to an activating group) is 1. The number of carbonyl (C=O) groups excluding carboxylic acids is 1. The Hall–Kier alpha value is -1.67. The van der Waals surface area contributed by atoms with Crippen molar-refractivity contribution in [1.29, 1.82) is 0 Å². The fourth-order valence-electron chi connectivity index (χ4n) is 3.08. The van der Waals surface area contributed by atoms with Crippen molar-refractivity contribution in [2.75, 3.05) is 38.7 Å². The van der Waals surface area contributed by atoms with Gasteiger partial charge in [0, 0.05) is 24.7 Å². The molecule has 1 fully saturated rings. The minimum absolute atomic E-state index is 0.0604. The monoisotopic (exact) mass is 457 g/mol. The lowest BCUT2D eigenvalue weighted by molar-refractivity contribution is 0.0526. The van der Waals surface area contributed by atoms with E-state index in [0.717, 1.165) is 19.5 Å². The first-order valence-corrected chi connectivity index (χ1v) is 10.3. The van der Waals surface area contributed by atoms with Crippen LogP contribution in [0.15, 0.2) is 24.3 Å². The van der Waals surface area contributed by atoms with E-state index >= 15 is 0 Å². The molecule has 0 radical (unpaired) electrons. The number of anilines is 1.